The lowest BCUT2D eigenvalue weighted by molar-refractivity contribution is -0.115. The largest absolute Gasteiger partial charge is 0.307 e. The van der Waals surface area contributed by atoms with Crippen molar-refractivity contribution in [1.82, 2.24) is 29.1 Å². The van der Waals surface area contributed by atoms with Crippen LogP contribution in [0.3, 0.4) is 0 Å². The zero-order valence-corrected chi connectivity index (χ0v) is 15.5. The molecule has 4 aromatic rings. The fraction of sp³-hybridized carbons (Fsp3) is 0.214. The Morgan fingerprint density at radius 2 is 2.24 bits per heavy atom. The number of carbonyl (C=O) groups excluding carboxylic acids is 1. The Labute approximate surface area is 155 Å². The SMILES string of the molecule is Cn1c(Cc2csc(NC(=O)Cc3cn4ccsc4n3)n2)n[nH]c1=S. The number of anilines is 1. The lowest BCUT2D eigenvalue weighted by Gasteiger charge is -1.99. The first-order valence-electron chi connectivity index (χ1n) is 7.34. The summed E-state index contributed by atoms with van der Waals surface area (Å²) in [6, 6.07) is 0. The molecule has 0 aliphatic rings. The number of imidazole rings is 1. The van der Waals surface area contributed by atoms with Gasteiger partial charge in [0.1, 0.15) is 5.82 Å². The van der Waals surface area contributed by atoms with Gasteiger partial charge in [0.05, 0.1) is 24.2 Å². The summed E-state index contributed by atoms with van der Waals surface area (Å²) >= 11 is 8.02. The first-order valence-corrected chi connectivity index (χ1v) is 9.51. The van der Waals surface area contributed by atoms with Crippen LogP contribution in [0.2, 0.25) is 0 Å². The standard InChI is InChI=1S/C14H13N7OS3/c1-20-10(18-19-13(20)23)4-9-7-25-12(15-9)17-11(22)5-8-6-21-2-3-24-14(21)16-8/h2-3,6-7H,4-5H2,1H3,(H,19,23)(H,15,17,22). The maximum Gasteiger partial charge on any atom is 0.232 e. The number of H-pyrrole nitrogens is 1. The van der Waals surface area contributed by atoms with Gasteiger partial charge in [-0.15, -0.1) is 22.7 Å². The van der Waals surface area contributed by atoms with Gasteiger partial charge in [0.2, 0.25) is 5.91 Å². The van der Waals surface area contributed by atoms with Crippen molar-refractivity contribution >= 4 is 50.9 Å². The highest BCUT2D eigenvalue weighted by atomic mass is 32.1. The van der Waals surface area contributed by atoms with E-state index in [1.54, 1.807) is 4.57 Å². The molecule has 0 atom stereocenters. The number of nitrogens with zero attached hydrogens (tertiary/aromatic N) is 5. The summed E-state index contributed by atoms with van der Waals surface area (Å²) in [6.45, 7) is 0. The third kappa shape index (κ3) is 3.38. The quantitative estimate of drug-likeness (QED) is 0.510. The van der Waals surface area contributed by atoms with E-state index in [2.05, 4.69) is 25.5 Å². The molecule has 0 fully saturated rings. The Morgan fingerprint density at radius 1 is 1.36 bits per heavy atom. The van der Waals surface area contributed by atoms with Gasteiger partial charge in [0.15, 0.2) is 14.9 Å². The minimum Gasteiger partial charge on any atom is -0.307 e. The third-order valence-electron chi connectivity index (χ3n) is 3.59. The minimum absolute atomic E-state index is 0.134. The molecule has 0 radical (unpaired) electrons. The van der Waals surface area contributed by atoms with Crippen LogP contribution in [0.1, 0.15) is 17.2 Å². The number of fused-ring (bicyclic) bond motifs is 1. The van der Waals surface area contributed by atoms with Crippen molar-refractivity contribution in [1.29, 1.82) is 0 Å². The fourth-order valence-corrected chi connectivity index (χ4v) is 3.93. The van der Waals surface area contributed by atoms with E-state index in [9.17, 15) is 4.79 Å². The van der Waals surface area contributed by atoms with E-state index in [4.69, 9.17) is 12.2 Å². The van der Waals surface area contributed by atoms with Crippen molar-refractivity contribution in [3.05, 3.63) is 45.1 Å². The number of hydrogen-bond donors (Lipinski definition) is 2. The molecule has 4 rings (SSSR count). The lowest BCUT2D eigenvalue weighted by Crippen LogP contribution is -2.14. The molecule has 0 spiro atoms. The zero-order valence-electron chi connectivity index (χ0n) is 13.1. The Bertz CT molecular complexity index is 1070. The van der Waals surface area contributed by atoms with Crippen molar-refractivity contribution in [3.63, 3.8) is 0 Å². The first kappa shape index (κ1) is 16.1. The summed E-state index contributed by atoms with van der Waals surface area (Å²) in [7, 11) is 1.85. The molecule has 0 saturated heterocycles. The summed E-state index contributed by atoms with van der Waals surface area (Å²) < 4.78 is 4.28. The molecule has 0 aromatic carbocycles. The molecular weight excluding hydrogens is 378 g/mol. The van der Waals surface area contributed by atoms with Crippen LogP contribution in [0.25, 0.3) is 4.96 Å². The number of aromatic amines is 1. The molecule has 25 heavy (non-hydrogen) atoms. The van der Waals surface area contributed by atoms with Crippen molar-refractivity contribution in [2.24, 2.45) is 7.05 Å². The second-order valence-corrected chi connectivity index (χ2v) is 7.49. The molecule has 11 heteroatoms. The second-order valence-electron chi connectivity index (χ2n) is 5.37. The molecule has 0 unspecified atom stereocenters. The Hall–Kier alpha value is -2.37. The normalized spacial score (nSPS) is 11.2. The summed E-state index contributed by atoms with van der Waals surface area (Å²) in [4.78, 5) is 21.9. The topological polar surface area (TPSA) is 92.9 Å². The number of carbonyl (C=O) groups is 1. The van der Waals surface area contributed by atoms with Crippen LogP contribution in [-0.2, 0) is 24.7 Å². The summed E-state index contributed by atoms with van der Waals surface area (Å²) in [6.07, 6.45) is 4.55. The smallest absolute Gasteiger partial charge is 0.232 e. The zero-order chi connectivity index (χ0) is 17.4. The van der Waals surface area contributed by atoms with Crippen molar-refractivity contribution in [3.8, 4) is 0 Å². The van der Waals surface area contributed by atoms with Crippen LogP contribution >= 0.6 is 34.9 Å². The van der Waals surface area contributed by atoms with Gasteiger partial charge in [-0.05, 0) is 12.2 Å². The van der Waals surface area contributed by atoms with E-state index < -0.39 is 0 Å². The highest BCUT2D eigenvalue weighted by Crippen LogP contribution is 2.18. The number of aromatic nitrogens is 6. The summed E-state index contributed by atoms with van der Waals surface area (Å²) in [5, 5.41) is 14.2. The van der Waals surface area contributed by atoms with E-state index in [0.29, 0.717) is 16.3 Å². The molecule has 2 N–H and O–H groups in total. The molecular formula is C14H13N7OS3. The highest BCUT2D eigenvalue weighted by Gasteiger charge is 2.12. The summed E-state index contributed by atoms with van der Waals surface area (Å²) in [5.74, 6) is 0.663. The van der Waals surface area contributed by atoms with Crippen molar-refractivity contribution in [2.45, 2.75) is 12.8 Å². The number of nitrogens with one attached hydrogen (secondary N) is 2. The second kappa shape index (κ2) is 6.50. The summed E-state index contributed by atoms with van der Waals surface area (Å²) in [5.41, 5.74) is 1.57. The van der Waals surface area contributed by atoms with Crippen LogP contribution < -0.4 is 5.32 Å². The van der Waals surface area contributed by atoms with E-state index in [1.807, 2.05) is 34.6 Å². The molecule has 0 saturated carbocycles. The minimum atomic E-state index is -0.134. The van der Waals surface area contributed by atoms with Gasteiger partial charge in [0.25, 0.3) is 0 Å². The molecule has 0 aliphatic heterocycles. The molecule has 8 nitrogen and oxygen atoms in total. The lowest BCUT2D eigenvalue weighted by atomic mass is 10.3. The van der Waals surface area contributed by atoms with Crippen LogP contribution in [0.5, 0.6) is 0 Å². The van der Waals surface area contributed by atoms with Crippen LogP contribution in [0.15, 0.2) is 23.2 Å². The number of hydrogen-bond acceptors (Lipinski definition) is 7. The average Bonchev–Trinajstić information content (AvgIpc) is 3.30. The number of rotatable bonds is 5. The maximum atomic E-state index is 12.2. The molecule has 0 aliphatic carbocycles. The molecule has 0 bridgehead atoms. The molecule has 4 heterocycles. The van der Waals surface area contributed by atoms with E-state index in [0.717, 1.165) is 22.2 Å². The van der Waals surface area contributed by atoms with Crippen LogP contribution in [-0.4, -0.2) is 35.0 Å². The number of amides is 1. The van der Waals surface area contributed by atoms with Crippen LogP contribution in [0, 0.1) is 4.77 Å². The van der Waals surface area contributed by atoms with E-state index >= 15 is 0 Å². The fourth-order valence-electron chi connectivity index (χ4n) is 2.33. The van der Waals surface area contributed by atoms with Crippen molar-refractivity contribution in [2.75, 3.05) is 5.32 Å². The highest BCUT2D eigenvalue weighted by molar-refractivity contribution is 7.71. The van der Waals surface area contributed by atoms with Gasteiger partial charge >= 0.3 is 0 Å². The maximum absolute atomic E-state index is 12.2. The van der Waals surface area contributed by atoms with Crippen molar-refractivity contribution < 1.29 is 4.79 Å². The van der Waals surface area contributed by atoms with Gasteiger partial charge in [-0.25, -0.2) is 9.97 Å². The van der Waals surface area contributed by atoms with Crippen LogP contribution in [0.4, 0.5) is 5.13 Å². The monoisotopic (exact) mass is 391 g/mol. The molecule has 1 amide bonds. The molecule has 4 aromatic heterocycles. The number of thiazole rings is 2. The van der Waals surface area contributed by atoms with Gasteiger partial charge < -0.3 is 9.88 Å². The third-order valence-corrected chi connectivity index (χ3v) is 5.54. The van der Waals surface area contributed by atoms with Gasteiger partial charge in [-0.2, -0.15) is 5.10 Å². The van der Waals surface area contributed by atoms with E-state index in [1.165, 1.54) is 22.7 Å². The first-order chi connectivity index (χ1) is 12.1. The van der Waals surface area contributed by atoms with Gasteiger partial charge in [0, 0.05) is 30.2 Å². The predicted molar refractivity (Wildman–Crippen MR) is 98.7 cm³/mol. The van der Waals surface area contributed by atoms with Gasteiger partial charge in [-0.1, -0.05) is 0 Å². The van der Waals surface area contributed by atoms with Gasteiger partial charge in [-0.3, -0.25) is 14.3 Å². The Kier molecular flexibility index (Phi) is 4.19. The predicted octanol–water partition coefficient (Wildman–Crippen LogP) is 2.42. The Balaban J connectivity index is 1.40. The average molecular weight is 392 g/mol. The Morgan fingerprint density at radius 3 is 3.00 bits per heavy atom. The van der Waals surface area contributed by atoms with E-state index in [-0.39, 0.29) is 12.3 Å². The molecule has 128 valence electrons.